The van der Waals surface area contributed by atoms with Gasteiger partial charge in [0.2, 0.25) is 5.78 Å². The normalized spacial score (nSPS) is 16.7. The van der Waals surface area contributed by atoms with E-state index in [1.165, 1.54) is 17.2 Å². The molecule has 2 heterocycles. The summed E-state index contributed by atoms with van der Waals surface area (Å²) < 4.78 is 10.6. The van der Waals surface area contributed by atoms with E-state index in [0.717, 1.165) is 12.8 Å². The van der Waals surface area contributed by atoms with Crippen molar-refractivity contribution in [3.05, 3.63) is 65.3 Å². The first-order valence-corrected chi connectivity index (χ1v) is 9.24. The molecule has 1 aliphatic heterocycles. The van der Waals surface area contributed by atoms with Gasteiger partial charge < -0.3 is 24.3 Å². The molecule has 1 aliphatic rings. The molecular formula is C21H23NO6. The monoisotopic (exact) mass is 385 g/mol. The number of nitrogens with zero attached hydrogens (tertiary/aromatic N) is 1. The Bertz CT molecular complexity index is 871. The molecule has 1 amide bonds. The smallest absolute Gasteiger partial charge is 0.290 e. The van der Waals surface area contributed by atoms with E-state index < -0.39 is 23.5 Å². The maximum atomic E-state index is 13.0. The second kappa shape index (κ2) is 8.75. The van der Waals surface area contributed by atoms with Gasteiger partial charge in [-0.25, -0.2) is 0 Å². The van der Waals surface area contributed by atoms with E-state index in [2.05, 4.69) is 0 Å². The van der Waals surface area contributed by atoms with Crippen LogP contribution in [0.2, 0.25) is 0 Å². The van der Waals surface area contributed by atoms with Crippen LogP contribution in [0.5, 0.6) is 5.75 Å². The largest absolute Gasteiger partial charge is 0.503 e. The van der Waals surface area contributed by atoms with Crippen LogP contribution < -0.4 is 4.74 Å². The third-order valence-electron chi connectivity index (χ3n) is 4.58. The highest BCUT2D eigenvalue weighted by molar-refractivity contribution is 6.15. The number of aliphatic hydroxyl groups is 2. The Balaban J connectivity index is 2.03. The molecule has 1 atom stereocenters. The molecule has 7 heteroatoms. The van der Waals surface area contributed by atoms with E-state index in [0.29, 0.717) is 17.9 Å². The lowest BCUT2D eigenvalue weighted by atomic mass is 9.95. The van der Waals surface area contributed by atoms with Crippen molar-refractivity contribution in [2.24, 2.45) is 0 Å². The first kappa shape index (κ1) is 19.7. The van der Waals surface area contributed by atoms with Crippen molar-refractivity contribution in [2.75, 3.05) is 19.8 Å². The fourth-order valence-electron chi connectivity index (χ4n) is 3.27. The van der Waals surface area contributed by atoms with Gasteiger partial charge in [0.15, 0.2) is 11.5 Å². The molecule has 0 spiro atoms. The molecule has 148 valence electrons. The number of aliphatic hydroxyl groups excluding tert-OH is 2. The molecule has 1 unspecified atom stereocenters. The molecule has 0 saturated heterocycles. The van der Waals surface area contributed by atoms with Crippen LogP contribution in [0.25, 0.3) is 0 Å². The van der Waals surface area contributed by atoms with Crippen molar-refractivity contribution >= 4 is 11.7 Å². The number of hydrogen-bond donors (Lipinski definition) is 2. The summed E-state index contributed by atoms with van der Waals surface area (Å²) in [5.41, 5.74) is 0.634. The fourth-order valence-corrected chi connectivity index (χ4v) is 3.27. The lowest BCUT2D eigenvalue weighted by Crippen LogP contribution is -2.32. The minimum absolute atomic E-state index is 0.00430. The van der Waals surface area contributed by atoms with Gasteiger partial charge in [-0.3, -0.25) is 9.59 Å². The molecule has 1 aromatic carbocycles. The van der Waals surface area contributed by atoms with Gasteiger partial charge in [-0.1, -0.05) is 25.5 Å². The van der Waals surface area contributed by atoms with E-state index in [4.69, 9.17) is 14.3 Å². The second-order valence-electron chi connectivity index (χ2n) is 6.47. The van der Waals surface area contributed by atoms with Crippen molar-refractivity contribution in [2.45, 2.75) is 25.8 Å². The zero-order valence-electron chi connectivity index (χ0n) is 15.6. The Hall–Kier alpha value is -3.06. The average Bonchev–Trinajstić information content (AvgIpc) is 3.33. The Kier molecular flexibility index (Phi) is 6.16. The van der Waals surface area contributed by atoms with Crippen LogP contribution >= 0.6 is 0 Å². The summed E-state index contributed by atoms with van der Waals surface area (Å²) in [5, 5.41) is 19.5. The van der Waals surface area contributed by atoms with Gasteiger partial charge in [-0.15, -0.1) is 0 Å². The van der Waals surface area contributed by atoms with Crippen LogP contribution in [0, 0.1) is 0 Å². The average molecular weight is 385 g/mol. The summed E-state index contributed by atoms with van der Waals surface area (Å²) in [4.78, 5) is 27.2. The van der Waals surface area contributed by atoms with Gasteiger partial charge in [-0.05, 0) is 36.2 Å². The minimum Gasteiger partial charge on any atom is -0.503 e. The molecule has 0 radical (unpaired) electrons. The zero-order chi connectivity index (χ0) is 20.1. The Labute approximate surface area is 162 Å². The lowest BCUT2D eigenvalue weighted by Gasteiger charge is -2.26. The molecule has 2 N–H and O–H groups in total. The molecule has 3 rings (SSSR count). The standard InChI is InChI=1S/C21H23NO6/c1-2-3-9-22-18(14-6-4-7-15(13-14)27-12-10-23)17(20(25)21(22)26)19(24)16-8-5-11-28-16/h4-8,11,13,18,23,25H,2-3,9-10,12H2,1H3. The quantitative estimate of drug-likeness (QED) is 0.644. The number of carbonyl (C=O) groups excluding carboxylic acids is 2. The highest BCUT2D eigenvalue weighted by Gasteiger charge is 2.44. The molecule has 0 fully saturated rings. The number of ether oxygens (including phenoxy) is 1. The second-order valence-corrected chi connectivity index (χ2v) is 6.47. The van der Waals surface area contributed by atoms with Gasteiger partial charge in [0.1, 0.15) is 12.4 Å². The van der Waals surface area contributed by atoms with Gasteiger partial charge >= 0.3 is 0 Å². The molecule has 28 heavy (non-hydrogen) atoms. The maximum absolute atomic E-state index is 13.0. The molecule has 0 bridgehead atoms. The van der Waals surface area contributed by atoms with Crippen molar-refractivity contribution in [1.29, 1.82) is 0 Å². The van der Waals surface area contributed by atoms with Gasteiger partial charge in [0, 0.05) is 6.54 Å². The van der Waals surface area contributed by atoms with E-state index in [9.17, 15) is 14.7 Å². The van der Waals surface area contributed by atoms with E-state index >= 15 is 0 Å². The maximum Gasteiger partial charge on any atom is 0.290 e. The third kappa shape index (κ3) is 3.80. The number of rotatable bonds is 9. The van der Waals surface area contributed by atoms with Crippen LogP contribution in [0.1, 0.15) is 41.9 Å². The fraction of sp³-hybridized carbons (Fsp3) is 0.333. The first-order valence-electron chi connectivity index (χ1n) is 9.24. The van der Waals surface area contributed by atoms with Crippen molar-refractivity contribution < 1.29 is 29.0 Å². The predicted molar refractivity (Wildman–Crippen MR) is 101 cm³/mol. The number of amides is 1. The van der Waals surface area contributed by atoms with Crippen LogP contribution in [0.4, 0.5) is 0 Å². The highest BCUT2D eigenvalue weighted by Crippen LogP contribution is 2.40. The van der Waals surface area contributed by atoms with Gasteiger partial charge in [0.05, 0.1) is 24.5 Å². The molecular weight excluding hydrogens is 362 g/mol. The molecule has 1 aromatic heterocycles. The number of ketones is 1. The van der Waals surface area contributed by atoms with Crippen molar-refractivity contribution in [3.63, 3.8) is 0 Å². The highest BCUT2D eigenvalue weighted by atomic mass is 16.5. The number of Topliss-reactive ketones (excluding diaryl/α,β-unsaturated/α-hetero) is 1. The summed E-state index contributed by atoms with van der Waals surface area (Å²) in [6.07, 6.45) is 2.96. The van der Waals surface area contributed by atoms with Crippen LogP contribution in [-0.4, -0.2) is 46.6 Å². The van der Waals surface area contributed by atoms with Crippen LogP contribution in [-0.2, 0) is 4.79 Å². The Morgan fingerprint density at radius 2 is 2.11 bits per heavy atom. The van der Waals surface area contributed by atoms with Gasteiger partial charge in [-0.2, -0.15) is 0 Å². The predicted octanol–water partition coefficient (Wildman–Crippen LogP) is 3.03. The lowest BCUT2D eigenvalue weighted by molar-refractivity contribution is -0.129. The molecule has 2 aromatic rings. The van der Waals surface area contributed by atoms with E-state index in [1.54, 1.807) is 30.3 Å². The first-order chi connectivity index (χ1) is 13.6. The molecule has 7 nitrogen and oxygen atoms in total. The van der Waals surface area contributed by atoms with Gasteiger partial charge in [0.25, 0.3) is 5.91 Å². The van der Waals surface area contributed by atoms with Crippen LogP contribution in [0.15, 0.2) is 58.4 Å². The number of furan rings is 1. The minimum atomic E-state index is -0.741. The number of carbonyl (C=O) groups is 2. The number of unbranched alkanes of at least 4 members (excludes halogenated alkanes) is 1. The van der Waals surface area contributed by atoms with E-state index in [-0.39, 0.29) is 24.5 Å². The Morgan fingerprint density at radius 3 is 2.79 bits per heavy atom. The van der Waals surface area contributed by atoms with E-state index in [1.807, 2.05) is 6.92 Å². The summed E-state index contributed by atoms with van der Waals surface area (Å²) in [7, 11) is 0. The summed E-state index contributed by atoms with van der Waals surface area (Å²) >= 11 is 0. The molecule has 0 saturated carbocycles. The van der Waals surface area contributed by atoms with Crippen molar-refractivity contribution in [1.82, 2.24) is 4.90 Å². The van der Waals surface area contributed by atoms with Crippen LogP contribution in [0.3, 0.4) is 0 Å². The number of hydrogen-bond acceptors (Lipinski definition) is 6. The SMILES string of the molecule is CCCCN1C(=O)C(O)=C(C(=O)c2ccco2)C1c1cccc(OCCO)c1. The summed E-state index contributed by atoms with van der Waals surface area (Å²) in [6.45, 7) is 2.41. The molecule has 0 aliphatic carbocycles. The summed E-state index contributed by atoms with van der Waals surface area (Å²) in [5.74, 6) is -1.09. The topological polar surface area (TPSA) is 100 Å². The summed E-state index contributed by atoms with van der Waals surface area (Å²) in [6, 6.07) is 9.29. The zero-order valence-corrected chi connectivity index (χ0v) is 15.6. The van der Waals surface area contributed by atoms with Crippen molar-refractivity contribution in [3.8, 4) is 5.75 Å². The third-order valence-corrected chi connectivity index (χ3v) is 4.58. The Morgan fingerprint density at radius 1 is 1.29 bits per heavy atom. The number of benzene rings is 1.